The van der Waals surface area contributed by atoms with Crippen molar-refractivity contribution in [1.82, 2.24) is 4.98 Å². The number of nitrogens with two attached hydrogens (primary N) is 1. The van der Waals surface area contributed by atoms with Crippen LogP contribution in [0, 0.1) is 0 Å². The molecule has 0 aliphatic rings. The van der Waals surface area contributed by atoms with Gasteiger partial charge in [-0.2, -0.15) is 13.2 Å². The smallest absolute Gasteiger partial charge is 0.330 e. The normalized spacial score (nSPS) is 10.5. The Hall–Kier alpha value is -1.10. The summed E-state index contributed by atoms with van der Waals surface area (Å²) in [6.45, 7) is 2.98. The van der Waals surface area contributed by atoms with Crippen molar-refractivity contribution in [2.75, 3.05) is 6.54 Å². The first-order chi connectivity index (χ1) is 7.02. The first-order valence-corrected chi connectivity index (χ1v) is 4.70. The fourth-order valence-corrected chi connectivity index (χ4v) is 0.735. The third-order valence-corrected chi connectivity index (χ3v) is 1.51. The van der Waals surface area contributed by atoms with Crippen molar-refractivity contribution in [3.63, 3.8) is 0 Å². The van der Waals surface area contributed by atoms with Crippen molar-refractivity contribution in [2.45, 2.75) is 25.9 Å². The van der Waals surface area contributed by atoms with Crippen LogP contribution in [0.3, 0.4) is 0 Å². The van der Waals surface area contributed by atoms with Crippen LogP contribution < -0.4 is 5.73 Å². The zero-order valence-corrected chi connectivity index (χ0v) is 8.59. The number of hydrogen-bond acceptors (Lipinski definition) is 2. The molecule has 0 saturated heterocycles. The van der Waals surface area contributed by atoms with E-state index in [4.69, 9.17) is 5.73 Å². The topological polar surface area (TPSA) is 38.9 Å². The lowest BCUT2D eigenvalue weighted by atomic mass is 10.3. The van der Waals surface area contributed by atoms with Crippen molar-refractivity contribution >= 4 is 0 Å². The largest absolute Gasteiger partial charge is 0.433 e. The van der Waals surface area contributed by atoms with Gasteiger partial charge in [0, 0.05) is 6.20 Å². The van der Waals surface area contributed by atoms with E-state index in [2.05, 4.69) is 11.9 Å². The zero-order valence-electron chi connectivity index (χ0n) is 8.59. The second kappa shape index (κ2) is 7.23. The molecule has 1 aromatic heterocycles. The predicted molar refractivity (Wildman–Crippen MR) is 53.2 cm³/mol. The molecule has 1 rings (SSSR count). The molecular weight excluding hydrogens is 205 g/mol. The third-order valence-electron chi connectivity index (χ3n) is 1.51. The molecule has 0 spiro atoms. The first-order valence-electron chi connectivity index (χ1n) is 4.70. The molecule has 0 radical (unpaired) electrons. The molecule has 0 aliphatic carbocycles. The second-order valence-corrected chi connectivity index (χ2v) is 2.85. The summed E-state index contributed by atoms with van der Waals surface area (Å²) in [4.78, 5) is 3.12. The van der Waals surface area contributed by atoms with Gasteiger partial charge in [-0.1, -0.05) is 19.4 Å². The second-order valence-electron chi connectivity index (χ2n) is 2.85. The maximum Gasteiger partial charge on any atom is 0.433 e. The van der Waals surface area contributed by atoms with Gasteiger partial charge in [0.05, 0.1) is 0 Å². The fraction of sp³-hybridized carbons (Fsp3) is 0.500. The van der Waals surface area contributed by atoms with Crippen LogP contribution in [0.15, 0.2) is 24.4 Å². The van der Waals surface area contributed by atoms with Gasteiger partial charge in [0.1, 0.15) is 5.69 Å². The van der Waals surface area contributed by atoms with Crippen LogP contribution in [0.25, 0.3) is 0 Å². The standard InChI is InChI=1S/C6H4F3N.C4H11N/c7-6(8,9)5-3-1-2-4-10-5;1-2-3-4-5/h1-4H;2-5H2,1H3. The maximum absolute atomic E-state index is 11.7. The van der Waals surface area contributed by atoms with Gasteiger partial charge >= 0.3 is 6.18 Å². The Morgan fingerprint density at radius 1 is 1.33 bits per heavy atom. The van der Waals surface area contributed by atoms with Crippen LogP contribution in [-0.2, 0) is 6.18 Å². The molecule has 0 fully saturated rings. The van der Waals surface area contributed by atoms with Crippen molar-refractivity contribution in [1.29, 1.82) is 0 Å². The van der Waals surface area contributed by atoms with E-state index in [9.17, 15) is 13.2 Å². The molecule has 1 heterocycles. The molecule has 0 bridgehead atoms. The zero-order chi connectivity index (χ0) is 11.7. The van der Waals surface area contributed by atoms with E-state index >= 15 is 0 Å². The van der Waals surface area contributed by atoms with Crippen molar-refractivity contribution in [2.24, 2.45) is 5.73 Å². The van der Waals surface area contributed by atoms with Crippen LogP contribution in [-0.4, -0.2) is 11.5 Å². The Morgan fingerprint density at radius 2 is 2.00 bits per heavy atom. The van der Waals surface area contributed by atoms with Gasteiger partial charge in [0.2, 0.25) is 0 Å². The Kier molecular flexibility index (Phi) is 6.70. The molecule has 5 heteroatoms. The lowest BCUT2D eigenvalue weighted by Gasteiger charge is -2.02. The Morgan fingerprint density at radius 3 is 2.20 bits per heavy atom. The number of unbranched alkanes of at least 4 members (excludes halogenated alkanes) is 1. The molecule has 2 nitrogen and oxygen atoms in total. The Bertz CT molecular complexity index is 245. The molecule has 0 amide bonds. The van der Waals surface area contributed by atoms with Gasteiger partial charge < -0.3 is 5.73 Å². The molecule has 0 atom stereocenters. The number of nitrogens with zero attached hydrogens (tertiary/aromatic N) is 1. The lowest BCUT2D eigenvalue weighted by Crippen LogP contribution is -2.06. The molecule has 86 valence electrons. The van der Waals surface area contributed by atoms with Crippen LogP contribution >= 0.6 is 0 Å². The Labute approximate surface area is 87.3 Å². The van der Waals surface area contributed by atoms with Gasteiger partial charge in [0.15, 0.2) is 0 Å². The molecule has 1 aromatic rings. The molecule has 0 aliphatic heterocycles. The van der Waals surface area contributed by atoms with E-state index in [1.165, 1.54) is 25.0 Å². The number of aromatic nitrogens is 1. The number of alkyl halides is 3. The number of halogens is 3. The molecular formula is C10H15F3N2. The van der Waals surface area contributed by atoms with Crippen molar-refractivity contribution in [3.05, 3.63) is 30.1 Å². The maximum atomic E-state index is 11.7. The van der Waals surface area contributed by atoms with E-state index < -0.39 is 11.9 Å². The lowest BCUT2D eigenvalue weighted by molar-refractivity contribution is -0.141. The van der Waals surface area contributed by atoms with Crippen LogP contribution in [0.4, 0.5) is 13.2 Å². The molecule has 2 N–H and O–H groups in total. The highest BCUT2D eigenvalue weighted by molar-refractivity contribution is 5.06. The summed E-state index contributed by atoms with van der Waals surface area (Å²) in [5.41, 5.74) is 4.29. The summed E-state index contributed by atoms with van der Waals surface area (Å²) < 4.78 is 35.2. The van der Waals surface area contributed by atoms with Crippen LogP contribution in [0.1, 0.15) is 25.5 Å². The number of rotatable bonds is 2. The van der Waals surface area contributed by atoms with Gasteiger partial charge in [-0.15, -0.1) is 0 Å². The van der Waals surface area contributed by atoms with E-state index in [1.54, 1.807) is 0 Å². The summed E-state index contributed by atoms with van der Waals surface area (Å²) in [7, 11) is 0. The van der Waals surface area contributed by atoms with Gasteiger partial charge in [0.25, 0.3) is 0 Å². The van der Waals surface area contributed by atoms with Crippen LogP contribution in [0.2, 0.25) is 0 Å². The average Bonchev–Trinajstić information content (AvgIpc) is 2.20. The van der Waals surface area contributed by atoms with Crippen LogP contribution in [0.5, 0.6) is 0 Å². The van der Waals surface area contributed by atoms with E-state index in [0.29, 0.717) is 0 Å². The van der Waals surface area contributed by atoms with Gasteiger partial charge in [-0.25, -0.2) is 0 Å². The number of pyridine rings is 1. The molecule has 0 unspecified atom stereocenters. The average molecular weight is 220 g/mol. The molecule has 0 saturated carbocycles. The SMILES string of the molecule is CCCCN.FC(F)(F)c1ccccn1. The Balaban J connectivity index is 0.000000336. The monoisotopic (exact) mass is 220 g/mol. The summed E-state index contributed by atoms with van der Waals surface area (Å²) in [6, 6.07) is 3.67. The van der Waals surface area contributed by atoms with Gasteiger partial charge in [-0.3, -0.25) is 4.98 Å². The molecule has 0 aromatic carbocycles. The van der Waals surface area contributed by atoms with Crippen molar-refractivity contribution in [3.8, 4) is 0 Å². The van der Waals surface area contributed by atoms with E-state index in [-0.39, 0.29) is 0 Å². The summed E-state index contributed by atoms with van der Waals surface area (Å²) in [6.07, 6.45) is -0.819. The fourth-order valence-electron chi connectivity index (χ4n) is 0.735. The van der Waals surface area contributed by atoms with Crippen molar-refractivity contribution < 1.29 is 13.2 Å². The number of hydrogen-bond donors (Lipinski definition) is 1. The summed E-state index contributed by atoms with van der Waals surface area (Å²) in [5, 5.41) is 0. The first kappa shape index (κ1) is 13.9. The summed E-state index contributed by atoms with van der Waals surface area (Å²) >= 11 is 0. The van der Waals surface area contributed by atoms with E-state index in [1.807, 2.05) is 0 Å². The van der Waals surface area contributed by atoms with Gasteiger partial charge in [-0.05, 0) is 25.1 Å². The third kappa shape index (κ3) is 6.90. The molecule has 15 heavy (non-hydrogen) atoms. The minimum Gasteiger partial charge on any atom is -0.330 e. The predicted octanol–water partition coefficient (Wildman–Crippen LogP) is 2.85. The highest BCUT2D eigenvalue weighted by Crippen LogP contribution is 2.26. The van der Waals surface area contributed by atoms with E-state index in [0.717, 1.165) is 18.8 Å². The summed E-state index contributed by atoms with van der Waals surface area (Å²) in [5.74, 6) is 0. The minimum absolute atomic E-state index is 0.844. The minimum atomic E-state index is -4.32. The highest BCUT2D eigenvalue weighted by Gasteiger charge is 2.31. The quantitative estimate of drug-likeness (QED) is 0.832. The highest BCUT2D eigenvalue weighted by atomic mass is 19.4.